The van der Waals surface area contributed by atoms with Crippen LogP contribution in [-0.2, 0) is 14.8 Å². The molecule has 1 saturated heterocycles. The summed E-state index contributed by atoms with van der Waals surface area (Å²) in [4.78, 5) is 14.4. The monoisotopic (exact) mass is 405 g/mol. The quantitative estimate of drug-likeness (QED) is 0.829. The number of nitrogens with zero attached hydrogens (tertiary/aromatic N) is 2. The lowest BCUT2D eigenvalue weighted by molar-refractivity contribution is -0.117. The SMILES string of the molecule is Cc1cccc(NC(=O)CN2CCN(S(=O)(=O)c3ccc(F)cc3)CC2)c1C. The molecule has 150 valence electrons. The van der Waals surface area contributed by atoms with Crippen molar-refractivity contribution in [1.29, 1.82) is 0 Å². The molecule has 1 N–H and O–H groups in total. The van der Waals surface area contributed by atoms with Gasteiger partial charge >= 0.3 is 0 Å². The lowest BCUT2D eigenvalue weighted by Gasteiger charge is -2.33. The van der Waals surface area contributed by atoms with Crippen LogP contribution in [0.25, 0.3) is 0 Å². The summed E-state index contributed by atoms with van der Waals surface area (Å²) in [6.45, 7) is 5.65. The van der Waals surface area contributed by atoms with Gasteiger partial charge in [-0.05, 0) is 55.3 Å². The summed E-state index contributed by atoms with van der Waals surface area (Å²) in [6, 6.07) is 10.6. The minimum atomic E-state index is -3.65. The topological polar surface area (TPSA) is 69.7 Å². The first kappa shape index (κ1) is 20.4. The molecule has 6 nitrogen and oxygen atoms in total. The summed E-state index contributed by atoms with van der Waals surface area (Å²) in [7, 11) is -3.65. The largest absolute Gasteiger partial charge is 0.325 e. The molecule has 0 aromatic heterocycles. The molecule has 0 aliphatic carbocycles. The van der Waals surface area contributed by atoms with Gasteiger partial charge in [-0.3, -0.25) is 9.69 Å². The van der Waals surface area contributed by atoms with Crippen molar-refractivity contribution in [3.8, 4) is 0 Å². The maximum atomic E-state index is 13.0. The number of hydrogen-bond donors (Lipinski definition) is 1. The molecule has 1 aliphatic heterocycles. The zero-order valence-corrected chi connectivity index (χ0v) is 16.8. The highest BCUT2D eigenvalue weighted by atomic mass is 32.2. The number of sulfonamides is 1. The van der Waals surface area contributed by atoms with Gasteiger partial charge in [0.25, 0.3) is 0 Å². The second-order valence-corrected chi connectivity index (χ2v) is 8.87. The van der Waals surface area contributed by atoms with Crippen molar-refractivity contribution < 1.29 is 17.6 Å². The summed E-state index contributed by atoms with van der Waals surface area (Å²) >= 11 is 0. The predicted octanol–water partition coefficient (Wildman–Crippen LogP) is 2.39. The standard InChI is InChI=1S/C20H24FN3O3S/c1-15-4-3-5-19(16(15)2)22-20(25)14-23-10-12-24(13-11-23)28(26,27)18-8-6-17(21)7-9-18/h3-9H,10-14H2,1-2H3,(H,22,25). The maximum Gasteiger partial charge on any atom is 0.243 e. The van der Waals surface area contributed by atoms with Crippen LogP contribution in [0.2, 0.25) is 0 Å². The number of nitrogens with one attached hydrogen (secondary N) is 1. The molecular weight excluding hydrogens is 381 g/mol. The molecule has 0 saturated carbocycles. The van der Waals surface area contributed by atoms with E-state index in [0.29, 0.717) is 13.1 Å². The first-order valence-corrected chi connectivity index (χ1v) is 10.6. The zero-order valence-electron chi connectivity index (χ0n) is 16.0. The Labute approximate surface area is 165 Å². The van der Waals surface area contributed by atoms with Crippen LogP contribution in [0.3, 0.4) is 0 Å². The summed E-state index contributed by atoms with van der Waals surface area (Å²) in [6.07, 6.45) is 0. The third-order valence-electron chi connectivity index (χ3n) is 5.03. The number of hydrogen-bond acceptors (Lipinski definition) is 4. The Morgan fingerprint density at radius 2 is 1.68 bits per heavy atom. The van der Waals surface area contributed by atoms with E-state index in [1.165, 1.54) is 16.4 Å². The molecule has 0 spiro atoms. The van der Waals surface area contributed by atoms with Crippen molar-refractivity contribution >= 4 is 21.6 Å². The minimum absolute atomic E-state index is 0.0787. The van der Waals surface area contributed by atoms with Crippen LogP contribution in [0.4, 0.5) is 10.1 Å². The van der Waals surface area contributed by atoms with Gasteiger partial charge in [0.05, 0.1) is 11.4 Å². The van der Waals surface area contributed by atoms with Crippen LogP contribution in [0.1, 0.15) is 11.1 Å². The third kappa shape index (κ3) is 4.57. The van der Waals surface area contributed by atoms with E-state index in [4.69, 9.17) is 0 Å². The summed E-state index contributed by atoms with van der Waals surface area (Å²) in [5, 5.41) is 2.92. The first-order valence-electron chi connectivity index (χ1n) is 9.11. The van der Waals surface area contributed by atoms with Crippen molar-refractivity contribution in [1.82, 2.24) is 9.21 Å². The van der Waals surface area contributed by atoms with Crippen LogP contribution in [-0.4, -0.2) is 56.3 Å². The molecule has 1 fully saturated rings. The number of anilines is 1. The number of rotatable bonds is 5. The van der Waals surface area contributed by atoms with E-state index < -0.39 is 15.8 Å². The predicted molar refractivity (Wildman–Crippen MR) is 106 cm³/mol. The molecule has 1 aliphatic rings. The average Bonchev–Trinajstić information content (AvgIpc) is 2.66. The lowest BCUT2D eigenvalue weighted by Crippen LogP contribution is -2.50. The van der Waals surface area contributed by atoms with E-state index in [0.717, 1.165) is 28.9 Å². The number of carbonyl (C=O) groups excluding carboxylic acids is 1. The molecule has 3 rings (SSSR count). The Kier molecular flexibility index (Phi) is 6.12. The van der Waals surface area contributed by atoms with E-state index in [1.54, 1.807) is 0 Å². The number of piperazine rings is 1. The van der Waals surface area contributed by atoms with Crippen molar-refractivity contribution in [2.24, 2.45) is 0 Å². The first-order chi connectivity index (χ1) is 13.3. The highest BCUT2D eigenvalue weighted by molar-refractivity contribution is 7.89. The lowest BCUT2D eigenvalue weighted by atomic mass is 10.1. The second kappa shape index (κ2) is 8.38. The zero-order chi connectivity index (χ0) is 20.3. The Morgan fingerprint density at radius 3 is 2.32 bits per heavy atom. The molecule has 0 bridgehead atoms. The van der Waals surface area contributed by atoms with Gasteiger partial charge in [0, 0.05) is 31.9 Å². The van der Waals surface area contributed by atoms with Crippen molar-refractivity contribution in [2.75, 3.05) is 38.0 Å². The Hall–Kier alpha value is -2.29. The highest BCUT2D eigenvalue weighted by Crippen LogP contribution is 2.19. The van der Waals surface area contributed by atoms with E-state index in [-0.39, 0.29) is 30.4 Å². The number of benzene rings is 2. The number of amides is 1. The number of aryl methyl sites for hydroxylation is 1. The summed E-state index contributed by atoms with van der Waals surface area (Å²) in [5.74, 6) is -0.595. The fourth-order valence-electron chi connectivity index (χ4n) is 3.16. The van der Waals surface area contributed by atoms with Gasteiger partial charge in [0.2, 0.25) is 15.9 Å². The number of carbonyl (C=O) groups is 1. The van der Waals surface area contributed by atoms with Gasteiger partial charge < -0.3 is 5.32 Å². The Morgan fingerprint density at radius 1 is 1.04 bits per heavy atom. The molecule has 8 heteroatoms. The molecule has 1 heterocycles. The summed E-state index contributed by atoms with van der Waals surface area (Å²) in [5.41, 5.74) is 2.94. The van der Waals surface area contributed by atoms with Crippen molar-refractivity contribution in [2.45, 2.75) is 18.7 Å². The second-order valence-electron chi connectivity index (χ2n) is 6.93. The van der Waals surface area contributed by atoms with Gasteiger partial charge in [0.1, 0.15) is 5.82 Å². The van der Waals surface area contributed by atoms with E-state index >= 15 is 0 Å². The Balaban J connectivity index is 1.56. The fourth-order valence-corrected chi connectivity index (χ4v) is 4.59. The summed E-state index contributed by atoms with van der Waals surface area (Å²) < 4.78 is 39.7. The molecule has 0 radical (unpaired) electrons. The maximum absolute atomic E-state index is 13.0. The van der Waals surface area contributed by atoms with Crippen molar-refractivity contribution in [3.63, 3.8) is 0 Å². The van der Waals surface area contributed by atoms with Crippen LogP contribution in [0.15, 0.2) is 47.4 Å². The van der Waals surface area contributed by atoms with Gasteiger partial charge in [0.15, 0.2) is 0 Å². The third-order valence-corrected chi connectivity index (χ3v) is 6.94. The average molecular weight is 405 g/mol. The molecule has 0 atom stereocenters. The molecule has 2 aromatic rings. The van der Waals surface area contributed by atoms with E-state index in [1.807, 2.05) is 36.9 Å². The highest BCUT2D eigenvalue weighted by Gasteiger charge is 2.29. The van der Waals surface area contributed by atoms with Crippen LogP contribution >= 0.6 is 0 Å². The molecule has 2 aromatic carbocycles. The minimum Gasteiger partial charge on any atom is -0.325 e. The normalized spacial score (nSPS) is 16.1. The molecular formula is C20H24FN3O3S. The Bertz CT molecular complexity index is 953. The van der Waals surface area contributed by atoms with Gasteiger partial charge in [-0.2, -0.15) is 4.31 Å². The van der Waals surface area contributed by atoms with Gasteiger partial charge in [-0.1, -0.05) is 12.1 Å². The van der Waals surface area contributed by atoms with Gasteiger partial charge in [-0.25, -0.2) is 12.8 Å². The van der Waals surface area contributed by atoms with Crippen LogP contribution in [0.5, 0.6) is 0 Å². The van der Waals surface area contributed by atoms with E-state index in [9.17, 15) is 17.6 Å². The van der Waals surface area contributed by atoms with Crippen molar-refractivity contribution in [3.05, 3.63) is 59.4 Å². The molecule has 1 amide bonds. The van der Waals surface area contributed by atoms with Gasteiger partial charge in [-0.15, -0.1) is 0 Å². The van der Waals surface area contributed by atoms with Crippen LogP contribution in [0, 0.1) is 19.7 Å². The van der Waals surface area contributed by atoms with Crippen LogP contribution < -0.4 is 5.32 Å². The smallest absolute Gasteiger partial charge is 0.243 e. The molecule has 28 heavy (non-hydrogen) atoms. The molecule has 0 unspecified atom stereocenters. The van der Waals surface area contributed by atoms with E-state index in [2.05, 4.69) is 5.32 Å². The number of halogens is 1. The fraction of sp³-hybridized carbons (Fsp3) is 0.350.